The van der Waals surface area contributed by atoms with Crippen LogP contribution in [0.1, 0.15) is 50.4 Å². The van der Waals surface area contributed by atoms with E-state index in [0.29, 0.717) is 36.7 Å². The average Bonchev–Trinajstić information content (AvgIpc) is 2.70. The standard InChI is InChI=1S/C20H31N6O5/c1-4-31-16-9-7-15(8-10-16)18(27)24-17(19(28)22-13-11-14(2)3)6-5-12-23-20(21)25-26(29)30/h7-10,13-14,17H,4-6,11-12H2,1-3H3,(H,22,28)(H,24,27)(H3,21,23,25)/t17-/m0/s1. The second-order valence-corrected chi connectivity index (χ2v) is 7.14. The first-order chi connectivity index (χ1) is 14.7. The third kappa shape index (κ3) is 10.8. The van der Waals surface area contributed by atoms with E-state index < -0.39 is 22.9 Å². The predicted molar refractivity (Wildman–Crippen MR) is 116 cm³/mol. The lowest BCUT2D eigenvalue weighted by molar-refractivity contribution is -0.525. The van der Waals surface area contributed by atoms with E-state index in [0.717, 1.165) is 0 Å². The Kier molecular flexibility index (Phi) is 11.4. The number of guanidine groups is 1. The van der Waals surface area contributed by atoms with Crippen LogP contribution in [0.15, 0.2) is 24.3 Å². The molecule has 171 valence electrons. The van der Waals surface area contributed by atoms with Crippen LogP contribution in [-0.4, -0.2) is 42.0 Å². The van der Waals surface area contributed by atoms with Crippen molar-refractivity contribution in [2.24, 2.45) is 5.92 Å². The smallest absolute Gasteiger partial charge is 0.251 e. The summed E-state index contributed by atoms with van der Waals surface area (Å²) in [6.07, 6.45) is 1.37. The fourth-order valence-corrected chi connectivity index (χ4v) is 2.53. The molecule has 0 aliphatic carbocycles. The van der Waals surface area contributed by atoms with Crippen molar-refractivity contribution in [2.75, 3.05) is 13.2 Å². The monoisotopic (exact) mass is 435 g/mol. The number of nitrogens with one attached hydrogen (secondary N) is 5. The van der Waals surface area contributed by atoms with Crippen LogP contribution in [0.25, 0.3) is 0 Å². The number of hydrogen-bond donors (Lipinski definition) is 5. The van der Waals surface area contributed by atoms with Gasteiger partial charge in [-0.2, -0.15) is 0 Å². The molecule has 5 N–H and O–H groups in total. The summed E-state index contributed by atoms with van der Waals surface area (Å²) >= 11 is 0. The lowest BCUT2D eigenvalue weighted by atomic mass is 10.1. The molecule has 0 aliphatic rings. The van der Waals surface area contributed by atoms with Gasteiger partial charge in [-0.1, -0.05) is 19.3 Å². The Morgan fingerprint density at radius 3 is 2.52 bits per heavy atom. The number of nitro groups is 1. The lowest BCUT2D eigenvalue weighted by Gasteiger charge is -2.19. The molecule has 0 saturated carbocycles. The molecule has 0 bridgehead atoms. The molecule has 1 aromatic rings. The lowest BCUT2D eigenvalue weighted by Crippen LogP contribution is -2.46. The predicted octanol–water partition coefficient (Wildman–Crippen LogP) is 1.59. The highest BCUT2D eigenvalue weighted by Crippen LogP contribution is 2.12. The van der Waals surface area contributed by atoms with Crippen LogP contribution in [0, 0.1) is 28.0 Å². The van der Waals surface area contributed by atoms with E-state index in [1.807, 2.05) is 20.8 Å². The van der Waals surface area contributed by atoms with Gasteiger partial charge in [0.25, 0.3) is 11.9 Å². The summed E-state index contributed by atoms with van der Waals surface area (Å²) in [5.74, 6) is -0.175. The zero-order valence-electron chi connectivity index (χ0n) is 18.1. The molecule has 0 fully saturated rings. The molecule has 11 nitrogen and oxygen atoms in total. The van der Waals surface area contributed by atoms with Crippen molar-refractivity contribution < 1.29 is 19.4 Å². The molecule has 0 aromatic heterocycles. The Bertz CT molecular complexity index is 738. The summed E-state index contributed by atoms with van der Waals surface area (Å²) in [4.78, 5) is 35.5. The topological polar surface area (TPSA) is 158 Å². The van der Waals surface area contributed by atoms with Gasteiger partial charge >= 0.3 is 0 Å². The molecule has 1 rings (SSSR count). The fraction of sp³-hybridized carbons (Fsp3) is 0.500. The van der Waals surface area contributed by atoms with Crippen LogP contribution < -0.4 is 26.1 Å². The molecular weight excluding hydrogens is 404 g/mol. The molecule has 0 aliphatic heterocycles. The molecule has 0 heterocycles. The number of rotatable bonds is 13. The highest BCUT2D eigenvalue weighted by molar-refractivity contribution is 5.97. The van der Waals surface area contributed by atoms with Gasteiger partial charge in [0, 0.05) is 18.7 Å². The minimum absolute atomic E-state index is 0.220. The highest BCUT2D eigenvalue weighted by Gasteiger charge is 2.21. The zero-order chi connectivity index (χ0) is 23.2. The molecule has 1 radical (unpaired) electrons. The van der Waals surface area contributed by atoms with Crippen LogP contribution in [0.2, 0.25) is 0 Å². The number of nitrogens with zero attached hydrogens (tertiary/aromatic N) is 1. The number of amides is 2. The first-order valence-electron chi connectivity index (χ1n) is 10.1. The van der Waals surface area contributed by atoms with Gasteiger partial charge in [0.2, 0.25) is 5.91 Å². The van der Waals surface area contributed by atoms with E-state index in [1.54, 1.807) is 36.2 Å². The van der Waals surface area contributed by atoms with Crippen molar-refractivity contribution in [1.82, 2.24) is 21.4 Å². The van der Waals surface area contributed by atoms with Crippen molar-refractivity contribution in [3.8, 4) is 5.75 Å². The molecule has 11 heteroatoms. The molecule has 0 saturated heterocycles. The van der Waals surface area contributed by atoms with Crippen molar-refractivity contribution in [2.45, 2.75) is 46.1 Å². The molecule has 2 amide bonds. The number of hydrazine groups is 1. The molecule has 0 spiro atoms. The quantitative estimate of drug-likeness (QED) is 0.103. The first kappa shape index (κ1) is 25.7. The van der Waals surface area contributed by atoms with Crippen molar-refractivity contribution in [3.63, 3.8) is 0 Å². The maximum Gasteiger partial charge on any atom is 0.251 e. The number of benzene rings is 1. The van der Waals surface area contributed by atoms with Gasteiger partial charge in [-0.3, -0.25) is 15.0 Å². The van der Waals surface area contributed by atoms with Crippen LogP contribution in [0.5, 0.6) is 5.75 Å². The van der Waals surface area contributed by atoms with Gasteiger partial charge in [-0.25, -0.2) is 10.1 Å². The summed E-state index contributed by atoms with van der Waals surface area (Å²) in [6.45, 7) is 8.31. The van der Waals surface area contributed by atoms with E-state index in [1.165, 1.54) is 0 Å². The zero-order valence-corrected chi connectivity index (χ0v) is 18.1. The van der Waals surface area contributed by atoms with Crippen molar-refractivity contribution in [3.05, 3.63) is 46.5 Å². The molecule has 1 aromatic carbocycles. The number of hydrogen-bond acceptors (Lipinski definition) is 6. The Labute approximate surface area is 181 Å². The normalized spacial score (nSPS) is 11.4. The van der Waals surface area contributed by atoms with Gasteiger partial charge < -0.3 is 20.7 Å². The number of ether oxygens (including phenoxy) is 1. The Balaban J connectivity index is 2.67. The summed E-state index contributed by atoms with van der Waals surface area (Å²) < 4.78 is 5.36. The van der Waals surface area contributed by atoms with E-state index in [4.69, 9.17) is 10.1 Å². The largest absolute Gasteiger partial charge is 0.494 e. The number of carbonyl (C=O) groups excluding carboxylic acids is 2. The second-order valence-electron chi connectivity index (χ2n) is 7.14. The minimum Gasteiger partial charge on any atom is -0.494 e. The maximum atomic E-state index is 12.6. The van der Waals surface area contributed by atoms with Gasteiger partial charge in [-0.05, 0) is 56.4 Å². The molecule has 31 heavy (non-hydrogen) atoms. The van der Waals surface area contributed by atoms with E-state index in [-0.39, 0.29) is 18.9 Å². The van der Waals surface area contributed by atoms with E-state index in [2.05, 4.69) is 16.0 Å². The summed E-state index contributed by atoms with van der Waals surface area (Å²) in [7, 11) is 0. The van der Waals surface area contributed by atoms with Crippen molar-refractivity contribution >= 4 is 17.8 Å². The van der Waals surface area contributed by atoms with Gasteiger partial charge in [0.1, 0.15) is 11.8 Å². The molecule has 0 unspecified atom stereocenters. The number of carbonyl (C=O) groups is 2. The van der Waals surface area contributed by atoms with Crippen LogP contribution >= 0.6 is 0 Å². The van der Waals surface area contributed by atoms with E-state index in [9.17, 15) is 19.7 Å². The van der Waals surface area contributed by atoms with Crippen LogP contribution in [-0.2, 0) is 4.79 Å². The van der Waals surface area contributed by atoms with Crippen molar-refractivity contribution in [1.29, 1.82) is 5.41 Å². The summed E-state index contributed by atoms with van der Waals surface area (Å²) in [5.41, 5.74) is 2.08. The van der Waals surface area contributed by atoms with Gasteiger partial charge in [-0.15, -0.1) is 0 Å². The molecular formula is C20H31N6O5. The summed E-state index contributed by atoms with van der Waals surface area (Å²) in [6, 6.07) is 5.80. The Hall–Kier alpha value is -3.37. The Morgan fingerprint density at radius 1 is 1.26 bits per heavy atom. The maximum absolute atomic E-state index is 12.6. The summed E-state index contributed by atoms with van der Waals surface area (Å²) in [5, 5.41) is 24.8. The third-order valence-electron chi connectivity index (χ3n) is 4.06. The third-order valence-corrected chi connectivity index (χ3v) is 4.06. The highest BCUT2D eigenvalue weighted by atomic mass is 16.7. The Morgan fingerprint density at radius 2 is 1.94 bits per heavy atom. The van der Waals surface area contributed by atoms with Gasteiger partial charge in [0.05, 0.1) is 6.61 Å². The first-order valence-corrected chi connectivity index (χ1v) is 10.1. The minimum atomic E-state index is -0.840. The average molecular weight is 436 g/mol. The molecule has 1 atom stereocenters. The van der Waals surface area contributed by atoms with Crippen LogP contribution in [0.4, 0.5) is 0 Å². The fourth-order valence-electron chi connectivity index (χ4n) is 2.53. The van der Waals surface area contributed by atoms with Crippen LogP contribution in [0.3, 0.4) is 0 Å². The second kappa shape index (κ2) is 13.8. The SMILES string of the molecule is CCOc1ccc(C(=O)N[C@@H](CCCNC(=N)N[N+](=O)[O-])C(=O)N[CH]CC(C)C)cc1. The van der Waals surface area contributed by atoms with E-state index >= 15 is 0 Å². The van der Waals surface area contributed by atoms with Gasteiger partial charge in [0.15, 0.2) is 5.03 Å².